The van der Waals surface area contributed by atoms with Crippen LogP contribution in [0.2, 0.25) is 0 Å². The van der Waals surface area contributed by atoms with Crippen LogP contribution in [0.3, 0.4) is 0 Å². The molecule has 0 saturated heterocycles. The third-order valence-electron chi connectivity index (χ3n) is 2.70. The van der Waals surface area contributed by atoms with Crippen LogP contribution in [0.1, 0.15) is 18.2 Å². The summed E-state index contributed by atoms with van der Waals surface area (Å²) in [6.07, 6.45) is 3.16. The number of nitrogen functional groups attached to an aromatic ring is 1. The highest BCUT2D eigenvalue weighted by atomic mass is 16.3. The highest BCUT2D eigenvalue weighted by molar-refractivity contribution is 5.55. The number of nitrogens with two attached hydrogens (primary N) is 1. The number of nitrogens with zero attached hydrogens (tertiary/aromatic N) is 3. The quantitative estimate of drug-likeness (QED) is 0.873. The van der Waals surface area contributed by atoms with E-state index < -0.39 is 0 Å². The van der Waals surface area contributed by atoms with Crippen molar-refractivity contribution in [1.82, 2.24) is 9.97 Å². The van der Waals surface area contributed by atoms with E-state index in [1.807, 2.05) is 19.1 Å². The molecule has 2 N–H and O–H groups in total. The molecule has 90 valence electrons. The van der Waals surface area contributed by atoms with Crippen LogP contribution in [0, 0.1) is 6.92 Å². The van der Waals surface area contributed by atoms with Gasteiger partial charge < -0.3 is 15.1 Å². The van der Waals surface area contributed by atoms with Gasteiger partial charge in [-0.1, -0.05) is 0 Å². The van der Waals surface area contributed by atoms with Crippen molar-refractivity contribution in [2.45, 2.75) is 20.4 Å². The minimum atomic E-state index is 0.521. The van der Waals surface area contributed by atoms with Gasteiger partial charge in [0.15, 0.2) is 0 Å². The molecule has 2 rings (SSSR count). The highest BCUT2D eigenvalue weighted by Crippen LogP contribution is 2.21. The van der Waals surface area contributed by atoms with Gasteiger partial charge in [-0.3, -0.25) is 0 Å². The van der Waals surface area contributed by atoms with Gasteiger partial charge in [0, 0.05) is 12.1 Å². The van der Waals surface area contributed by atoms with Gasteiger partial charge >= 0.3 is 0 Å². The molecular formula is C12H16N4O. The maximum Gasteiger partial charge on any atom is 0.137 e. The molecule has 5 nitrogen and oxygen atoms in total. The second-order valence-corrected chi connectivity index (χ2v) is 3.80. The molecule has 0 amide bonds. The summed E-state index contributed by atoms with van der Waals surface area (Å²) in [6.45, 7) is 5.51. The standard InChI is InChI=1S/C12H16N4O/c1-3-16(7-10-5-4-6-17-10)12-9(2)11(13)14-8-15-12/h4-6,8H,3,7H2,1-2H3,(H2,13,14,15). The first-order valence-corrected chi connectivity index (χ1v) is 5.56. The lowest BCUT2D eigenvalue weighted by Gasteiger charge is -2.22. The van der Waals surface area contributed by atoms with Gasteiger partial charge in [-0.05, 0) is 26.0 Å². The predicted molar refractivity (Wildman–Crippen MR) is 66.6 cm³/mol. The van der Waals surface area contributed by atoms with Gasteiger partial charge in [0.2, 0.25) is 0 Å². The van der Waals surface area contributed by atoms with E-state index in [2.05, 4.69) is 21.8 Å². The monoisotopic (exact) mass is 232 g/mol. The van der Waals surface area contributed by atoms with E-state index in [4.69, 9.17) is 10.2 Å². The summed E-state index contributed by atoms with van der Waals surface area (Å²) in [6, 6.07) is 3.83. The molecule has 0 bridgehead atoms. The molecule has 2 aromatic rings. The van der Waals surface area contributed by atoms with E-state index in [-0.39, 0.29) is 0 Å². The second-order valence-electron chi connectivity index (χ2n) is 3.80. The number of rotatable bonds is 4. The average molecular weight is 232 g/mol. The zero-order valence-corrected chi connectivity index (χ0v) is 10.1. The minimum absolute atomic E-state index is 0.521. The Balaban J connectivity index is 2.26. The van der Waals surface area contributed by atoms with Crippen molar-refractivity contribution in [2.24, 2.45) is 0 Å². The van der Waals surface area contributed by atoms with Gasteiger partial charge in [-0.15, -0.1) is 0 Å². The number of hydrogen-bond acceptors (Lipinski definition) is 5. The lowest BCUT2D eigenvalue weighted by Crippen LogP contribution is -2.24. The Bertz CT molecular complexity index is 481. The molecule has 0 fully saturated rings. The third kappa shape index (κ3) is 2.38. The van der Waals surface area contributed by atoms with E-state index >= 15 is 0 Å². The van der Waals surface area contributed by atoms with E-state index in [1.165, 1.54) is 6.33 Å². The molecule has 0 aliphatic carbocycles. The Morgan fingerprint density at radius 3 is 2.88 bits per heavy atom. The topological polar surface area (TPSA) is 68.2 Å². The molecule has 0 radical (unpaired) electrons. The van der Waals surface area contributed by atoms with Crippen molar-refractivity contribution in [3.63, 3.8) is 0 Å². The van der Waals surface area contributed by atoms with Crippen LogP contribution in [0.25, 0.3) is 0 Å². The van der Waals surface area contributed by atoms with Crippen LogP contribution >= 0.6 is 0 Å². The smallest absolute Gasteiger partial charge is 0.137 e. The first-order chi connectivity index (χ1) is 8.22. The first kappa shape index (κ1) is 11.4. The molecule has 0 atom stereocenters. The molecule has 2 aromatic heterocycles. The van der Waals surface area contributed by atoms with Gasteiger partial charge in [0.1, 0.15) is 23.7 Å². The maximum absolute atomic E-state index is 5.79. The molecule has 0 aliphatic rings. The SMILES string of the molecule is CCN(Cc1ccco1)c1ncnc(N)c1C. The van der Waals surface area contributed by atoms with Crippen molar-refractivity contribution in [3.8, 4) is 0 Å². The predicted octanol–water partition coefficient (Wildman–Crippen LogP) is 1.99. The number of hydrogen-bond donors (Lipinski definition) is 1. The normalized spacial score (nSPS) is 10.5. The van der Waals surface area contributed by atoms with Gasteiger partial charge in [0.25, 0.3) is 0 Å². The van der Waals surface area contributed by atoms with Crippen molar-refractivity contribution < 1.29 is 4.42 Å². The Morgan fingerprint density at radius 2 is 2.24 bits per heavy atom. The van der Waals surface area contributed by atoms with E-state index in [0.29, 0.717) is 12.4 Å². The number of aromatic nitrogens is 2. The van der Waals surface area contributed by atoms with Crippen LogP contribution in [0.4, 0.5) is 11.6 Å². The molecule has 0 saturated carbocycles. The fourth-order valence-corrected chi connectivity index (χ4v) is 1.70. The van der Waals surface area contributed by atoms with Gasteiger partial charge in [-0.25, -0.2) is 9.97 Å². The summed E-state index contributed by atoms with van der Waals surface area (Å²) < 4.78 is 5.34. The highest BCUT2D eigenvalue weighted by Gasteiger charge is 2.12. The second kappa shape index (κ2) is 4.86. The third-order valence-corrected chi connectivity index (χ3v) is 2.70. The van der Waals surface area contributed by atoms with Gasteiger partial charge in [0.05, 0.1) is 12.8 Å². The minimum Gasteiger partial charge on any atom is -0.467 e. The van der Waals surface area contributed by atoms with Gasteiger partial charge in [-0.2, -0.15) is 0 Å². The zero-order valence-electron chi connectivity index (χ0n) is 10.1. The lowest BCUT2D eigenvalue weighted by atomic mass is 10.2. The lowest BCUT2D eigenvalue weighted by molar-refractivity contribution is 0.502. The van der Waals surface area contributed by atoms with Crippen molar-refractivity contribution >= 4 is 11.6 Å². The largest absolute Gasteiger partial charge is 0.467 e. The summed E-state index contributed by atoms with van der Waals surface area (Å²) in [5.41, 5.74) is 6.69. The first-order valence-electron chi connectivity index (χ1n) is 5.56. The van der Waals surface area contributed by atoms with Crippen molar-refractivity contribution in [3.05, 3.63) is 36.0 Å². The van der Waals surface area contributed by atoms with Crippen molar-refractivity contribution in [2.75, 3.05) is 17.2 Å². The maximum atomic E-state index is 5.79. The van der Waals surface area contributed by atoms with Crippen LogP contribution in [-0.4, -0.2) is 16.5 Å². The Hall–Kier alpha value is -2.04. The van der Waals surface area contributed by atoms with E-state index in [1.54, 1.807) is 6.26 Å². The van der Waals surface area contributed by atoms with Crippen molar-refractivity contribution in [1.29, 1.82) is 0 Å². The molecule has 0 aromatic carbocycles. The van der Waals surface area contributed by atoms with Crippen LogP contribution in [-0.2, 0) is 6.54 Å². The summed E-state index contributed by atoms with van der Waals surface area (Å²) >= 11 is 0. The Kier molecular flexibility index (Phi) is 3.27. The summed E-state index contributed by atoms with van der Waals surface area (Å²) in [5, 5.41) is 0. The van der Waals surface area contributed by atoms with E-state index in [9.17, 15) is 0 Å². The molecule has 17 heavy (non-hydrogen) atoms. The number of furan rings is 1. The van der Waals surface area contributed by atoms with E-state index in [0.717, 1.165) is 23.7 Å². The summed E-state index contributed by atoms with van der Waals surface area (Å²) in [7, 11) is 0. The molecular weight excluding hydrogens is 216 g/mol. The zero-order chi connectivity index (χ0) is 12.3. The Morgan fingerprint density at radius 1 is 1.41 bits per heavy atom. The summed E-state index contributed by atoms with van der Waals surface area (Å²) in [5.74, 6) is 2.28. The Labute approximate surface area is 100 Å². The van der Waals surface area contributed by atoms with Crippen LogP contribution in [0.5, 0.6) is 0 Å². The molecule has 2 heterocycles. The molecule has 0 aliphatic heterocycles. The summed E-state index contributed by atoms with van der Waals surface area (Å²) in [4.78, 5) is 10.4. The average Bonchev–Trinajstić information content (AvgIpc) is 2.83. The molecule has 0 spiro atoms. The molecule has 0 unspecified atom stereocenters. The fraction of sp³-hybridized carbons (Fsp3) is 0.333. The number of anilines is 2. The van der Waals surface area contributed by atoms with Crippen LogP contribution in [0.15, 0.2) is 29.1 Å². The van der Waals surface area contributed by atoms with Crippen LogP contribution < -0.4 is 10.6 Å². The fourth-order valence-electron chi connectivity index (χ4n) is 1.70. The molecule has 5 heteroatoms.